The van der Waals surface area contributed by atoms with Crippen LogP contribution in [0, 0.1) is 0 Å². The second kappa shape index (κ2) is 7.04. The standard InChI is InChI=1S/C22H27N3O2/c1-3-25(4-2)17-14-18(26)16-10-8-9-15-13-19(23-24-21(17)20(15)16)22(27)11-6-5-7-12-22/h8-10,14,27H,3-7,11-13H2,1-2H3. The molecule has 1 aliphatic heterocycles. The molecule has 5 nitrogen and oxygen atoms in total. The summed E-state index contributed by atoms with van der Waals surface area (Å²) in [6.07, 6.45) is 6.91. The zero-order valence-electron chi connectivity index (χ0n) is 16.2. The first-order chi connectivity index (χ1) is 13.1. The normalized spacial score (nSPS) is 20.9. The molecule has 1 heterocycles. The van der Waals surface area contributed by atoms with Crippen molar-refractivity contribution in [1.82, 2.24) is 4.90 Å². The van der Waals surface area contributed by atoms with Crippen molar-refractivity contribution in [1.29, 1.82) is 0 Å². The second-order valence-corrected chi connectivity index (χ2v) is 7.67. The molecular formula is C22H27N3O2. The molecule has 1 N–H and O–H groups in total. The van der Waals surface area contributed by atoms with E-state index < -0.39 is 5.60 Å². The summed E-state index contributed by atoms with van der Waals surface area (Å²) >= 11 is 0. The molecule has 1 fully saturated rings. The molecule has 0 bridgehead atoms. The molecule has 0 atom stereocenters. The number of rotatable bonds is 4. The first-order valence-corrected chi connectivity index (χ1v) is 10.1. The molecule has 0 saturated heterocycles. The van der Waals surface area contributed by atoms with Crippen LogP contribution in [0.5, 0.6) is 0 Å². The van der Waals surface area contributed by atoms with Gasteiger partial charge in [0.15, 0.2) is 5.78 Å². The van der Waals surface area contributed by atoms with Crippen LogP contribution < -0.4 is 0 Å². The number of ketones is 1. The Morgan fingerprint density at radius 2 is 1.85 bits per heavy atom. The summed E-state index contributed by atoms with van der Waals surface area (Å²) in [5.74, 6) is 0.0209. The highest BCUT2D eigenvalue weighted by atomic mass is 16.3. The molecule has 27 heavy (non-hydrogen) atoms. The fraction of sp³-hybridized carbons (Fsp3) is 0.500. The van der Waals surface area contributed by atoms with E-state index in [1.165, 1.54) is 0 Å². The van der Waals surface area contributed by atoms with Crippen LogP contribution in [0.2, 0.25) is 0 Å². The topological polar surface area (TPSA) is 65.3 Å². The summed E-state index contributed by atoms with van der Waals surface area (Å²) in [6.45, 7) is 5.75. The van der Waals surface area contributed by atoms with Gasteiger partial charge in [0, 0.05) is 36.7 Å². The SMILES string of the molecule is CCN(CC)C1=CC(=O)c2cccc3c2C1=NN=C(C1(O)CCCCC1)C3. The van der Waals surface area contributed by atoms with Crippen molar-refractivity contribution in [2.75, 3.05) is 13.1 Å². The Morgan fingerprint density at radius 1 is 1.11 bits per heavy atom. The molecule has 0 unspecified atom stereocenters. The maximum atomic E-state index is 12.8. The number of nitrogens with zero attached hydrogens (tertiary/aromatic N) is 3. The second-order valence-electron chi connectivity index (χ2n) is 7.67. The van der Waals surface area contributed by atoms with E-state index in [1.807, 2.05) is 18.2 Å². The van der Waals surface area contributed by atoms with Crippen molar-refractivity contribution in [3.8, 4) is 0 Å². The number of carbonyl (C=O) groups excluding carboxylic acids is 1. The molecule has 1 aromatic rings. The van der Waals surface area contributed by atoms with Gasteiger partial charge in [-0.3, -0.25) is 4.79 Å². The molecule has 0 spiro atoms. The largest absolute Gasteiger partial charge is 0.384 e. The Morgan fingerprint density at radius 3 is 2.56 bits per heavy atom. The molecule has 0 aromatic heterocycles. The molecule has 0 radical (unpaired) electrons. The number of aliphatic hydroxyl groups is 1. The Hall–Kier alpha value is -2.27. The van der Waals surface area contributed by atoms with Gasteiger partial charge in [0.05, 0.1) is 11.4 Å². The summed E-state index contributed by atoms with van der Waals surface area (Å²) in [6, 6.07) is 5.83. The molecule has 1 aromatic carbocycles. The van der Waals surface area contributed by atoms with Crippen molar-refractivity contribution in [3.05, 3.63) is 46.7 Å². The number of allylic oxidation sites excluding steroid dienone is 2. The van der Waals surface area contributed by atoms with Crippen LogP contribution in [0.4, 0.5) is 0 Å². The summed E-state index contributed by atoms with van der Waals surface area (Å²) < 4.78 is 0. The van der Waals surface area contributed by atoms with Crippen LogP contribution in [0.25, 0.3) is 0 Å². The first-order valence-electron chi connectivity index (χ1n) is 10.1. The average Bonchev–Trinajstić information content (AvgIpc) is 2.88. The van der Waals surface area contributed by atoms with Gasteiger partial charge in [-0.15, -0.1) is 5.10 Å². The average molecular weight is 365 g/mol. The van der Waals surface area contributed by atoms with Gasteiger partial charge < -0.3 is 10.0 Å². The molecule has 3 aliphatic rings. The minimum atomic E-state index is -0.873. The monoisotopic (exact) mass is 365 g/mol. The van der Waals surface area contributed by atoms with Crippen LogP contribution >= 0.6 is 0 Å². The maximum Gasteiger partial charge on any atom is 0.188 e. The van der Waals surface area contributed by atoms with Crippen LogP contribution in [0.3, 0.4) is 0 Å². The fourth-order valence-corrected chi connectivity index (χ4v) is 4.55. The fourth-order valence-electron chi connectivity index (χ4n) is 4.55. The molecular weight excluding hydrogens is 338 g/mol. The van der Waals surface area contributed by atoms with Crippen LogP contribution in [0.1, 0.15) is 67.4 Å². The van der Waals surface area contributed by atoms with E-state index in [0.29, 0.717) is 12.0 Å². The summed E-state index contributed by atoms with van der Waals surface area (Å²) in [7, 11) is 0. The summed E-state index contributed by atoms with van der Waals surface area (Å²) in [5.41, 5.74) is 4.08. The smallest absolute Gasteiger partial charge is 0.188 e. The van der Waals surface area contributed by atoms with Gasteiger partial charge in [0.2, 0.25) is 0 Å². The van der Waals surface area contributed by atoms with Gasteiger partial charge >= 0.3 is 0 Å². The van der Waals surface area contributed by atoms with Gasteiger partial charge in [-0.2, -0.15) is 5.10 Å². The first kappa shape index (κ1) is 18.1. The van der Waals surface area contributed by atoms with E-state index in [-0.39, 0.29) is 5.78 Å². The number of carbonyl (C=O) groups is 1. The number of hydrogen-bond acceptors (Lipinski definition) is 5. The minimum absolute atomic E-state index is 0.0209. The molecule has 4 rings (SSSR count). The Balaban J connectivity index is 1.86. The summed E-state index contributed by atoms with van der Waals surface area (Å²) in [5, 5.41) is 20.4. The van der Waals surface area contributed by atoms with Gasteiger partial charge in [0.25, 0.3) is 0 Å². The van der Waals surface area contributed by atoms with Crippen molar-refractivity contribution in [2.24, 2.45) is 10.2 Å². The molecule has 1 saturated carbocycles. The van der Waals surface area contributed by atoms with E-state index >= 15 is 0 Å². The van der Waals surface area contributed by atoms with E-state index in [2.05, 4.69) is 29.0 Å². The Bertz CT molecular complexity index is 856. The molecule has 142 valence electrons. The van der Waals surface area contributed by atoms with Crippen molar-refractivity contribution in [2.45, 2.75) is 58.0 Å². The van der Waals surface area contributed by atoms with Crippen molar-refractivity contribution >= 4 is 17.2 Å². The third-order valence-corrected chi connectivity index (χ3v) is 6.11. The maximum absolute atomic E-state index is 12.8. The predicted octanol–water partition coefficient (Wildman–Crippen LogP) is 3.51. The van der Waals surface area contributed by atoms with Gasteiger partial charge in [0.1, 0.15) is 11.3 Å². The van der Waals surface area contributed by atoms with Gasteiger partial charge in [-0.25, -0.2) is 0 Å². The lowest BCUT2D eigenvalue weighted by molar-refractivity contribution is 0.0691. The third-order valence-electron chi connectivity index (χ3n) is 6.11. The summed E-state index contributed by atoms with van der Waals surface area (Å²) in [4.78, 5) is 14.9. The lowest BCUT2D eigenvalue weighted by Gasteiger charge is -2.32. The van der Waals surface area contributed by atoms with E-state index in [0.717, 1.165) is 73.4 Å². The van der Waals surface area contributed by atoms with Gasteiger partial charge in [-0.1, -0.05) is 37.5 Å². The third kappa shape index (κ3) is 3.04. The number of likely N-dealkylation sites (N-methyl/N-ethyl adjacent to an activating group) is 1. The Kier molecular flexibility index (Phi) is 4.72. The zero-order chi connectivity index (χ0) is 19.0. The molecule has 2 aliphatic carbocycles. The predicted molar refractivity (Wildman–Crippen MR) is 107 cm³/mol. The van der Waals surface area contributed by atoms with Crippen molar-refractivity contribution < 1.29 is 9.90 Å². The lowest BCUT2D eigenvalue weighted by Crippen LogP contribution is -2.41. The van der Waals surface area contributed by atoms with E-state index in [1.54, 1.807) is 6.08 Å². The zero-order valence-corrected chi connectivity index (χ0v) is 16.2. The highest BCUT2D eigenvalue weighted by Crippen LogP contribution is 2.35. The van der Waals surface area contributed by atoms with Gasteiger partial charge in [-0.05, 0) is 32.3 Å². The Labute approximate surface area is 160 Å². The van der Waals surface area contributed by atoms with E-state index in [9.17, 15) is 9.90 Å². The van der Waals surface area contributed by atoms with Crippen molar-refractivity contribution in [3.63, 3.8) is 0 Å². The van der Waals surface area contributed by atoms with Crippen LogP contribution in [-0.4, -0.2) is 45.9 Å². The molecule has 0 amide bonds. The number of benzene rings is 1. The van der Waals surface area contributed by atoms with E-state index in [4.69, 9.17) is 0 Å². The lowest BCUT2D eigenvalue weighted by atomic mass is 9.78. The number of hydrogen-bond donors (Lipinski definition) is 1. The highest BCUT2D eigenvalue weighted by molar-refractivity contribution is 6.27. The van der Waals surface area contributed by atoms with Crippen LogP contribution in [-0.2, 0) is 6.42 Å². The molecule has 5 heteroatoms. The quantitative estimate of drug-likeness (QED) is 0.888. The minimum Gasteiger partial charge on any atom is -0.384 e. The highest BCUT2D eigenvalue weighted by Gasteiger charge is 2.38. The van der Waals surface area contributed by atoms with Crippen LogP contribution in [0.15, 0.2) is 40.2 Å².